The minimum Gasteiger partial charge on any atom is -0.393 e. The molecular formula is C10H20N2O2S. The first-order valence-corrected chi connectivity index (χ1v) is 5.65. The Morgan fingerprint density at radius 1 is 1.53 bits per heavy atom. The van der Waals surface area contributed by atoms with Gasteiger partial charge in [0.15, 0.2) is 0 Å². The highest BCUT2D eigenvalue weighted by Gasteiger charge is 2.14. The molecule has 0 radical (unpaired) electrons. The first kappa shape index (κ1) is 14.3. The first-order valence-electron chi connectivity index (χ1n) is 5.24. The number of nitrogens with two attached hydrogens (primary N) is 1. The summed E-state index contributed by atoms with van der Waals surface area (Å²) in [5.41, 5.74) is 5.35. The molecule has 1 amide bonds. The minimum absolute atomic E-state index is 0.113. The fourth-order valence-corrected chi connectivity index (χ4v) is 1.02. The lowest BCUT2D eigenvalue weighted by Crippen LogP contribution is -2.36. The molecule has 0 aromatic carbocycles. The molecule has 0 aromatic rings. The second-order valence-corrected chi connectivity index (χ2v) is 3.85. The fourth-order valence-electron chi connectivity index (χ4n) is 0.915. The van der Waals surface area contributed by atoms with Gasteiger partial charge in [0.2, 0.25) is 5.91 Å². The lowest BCUT2D eigenvalue weighted by molar-refractivity contribution is -0.122. The maximum Gasteiger partial charge on any atom is 0.229 e. The van der Waals surface area contributed by atoms with Crippen molar-refractivity contribution in [3.05, 3.63) is 0 Å². The van der Waals surface area contributed by atoms with E-state index in [0.29, 0.717) is 13.2 Å². The van der Waals surface area contributed by atoms with Crippen LogP contribution in [0.25, 0.3) is 0 Å². The van der Waals surface area contributed by atoms with E-state index in [1.54, 1.807) is 6.92 Å². The molecule has 0 aliphatic carbocycles. The van der Waals surface area contributed by atoms with E-state index >= 15 is 0 Å². The highest BCUT2D eigenvalue weighted by molar-refractivity contribution is 7.80. The number of hydrogen-bond acceptors (Lipinski definition) is 3. The second-order valence-electron chi connectivity index (χ2n) is 3.38. The van der Waals surface area contributed by atoms with Crippen LogP contribution in [0.5, 0.6) is 0 Å². The quantitative estimate of drug-likeness (QED) is 0.481. The van der Waals surface area contributed by atoms with E-state index in [0.717, 1.165) is 19.4 Å². The van der Waals surface area contributed by atoms with Crippen molar-refractivity contribution < 1.29 is 9.53 Å². The number of rotatable bonds is 8. The third-order valence-corrected chi connectivity index (χ3v) is 2.29. The predicted molar refractivity (Wildman–Crippen MR) is 64.7 cm³/mol. The molecule has 0 saturated heterocycles. The number of amides is 1. The van der Waals surface area contributed by atoms with Crippen LogP contribution < -0.4 is 11.1 Å². The molecule has 3 N–H and O–H groups in total. The van der Waals surface area contributed by atoms with Gasteiger partial charge in [0, 0.05) is 19.8 Å². The lowest BCUT2D eigenvalue weighted by atomic mass is 10.1. The molecule has 4 nitrogen and oxygen atoms in total. The molecule has 0 aromatic heterocycles. The standard InChI is InChI=1S/C10H20N2O2S/c1-3-6-14-7-4-5-12-10(13)8(2)9(11)15/h8H,3-7H2,1-2H3,(H2,11,15)(H,12,13). The summed E-state index contributed by atoms with van der Waals surface area (Å²) in [7, 11) is 0. The molecule has 0 heterocycles. The molecule has 88 valence electrons. The second kappa shape index (κ2) is 8.61. The largest absolute Gasteiger partial charge is 0.393 e. The average molecular weight is 232 g/mol. The average Bonchev–Trinajstić information content (AvgIpc) is 2.21. The third kappa shape index (κ3) is 7.27. The van der Waals surface area contributed by atoms with Gasteiger partial charge in [-0.05, 0) is 19.8 Å². The molecule has 0 fully saturated rings. The van der Waals surface area contributed by atoms with E-state index in [4.69, 9.17) is 22.7 Å². The van der Waals surface area contributed by atoms with Gasteiger partial charge in [-0.15, -0.1) is 0 Å². The fraction of sp³-hybridized carbons (Fsp3) is 0.800. The van der Waals surface area contributed by atoms with Crippen molar-refractivity contribution >= 4 is 23.1 Å². The van der Waals surface area contributed by atoms with Crippen LogP contribution in [0, 0.1) is 5.92 Å². The van der Waals surface area contributed by atoms with Crippen LogP contribution in [0.2, 0.25) is 0 Å². The van der Waals surface area contributed by atoms with Crippen LogP contribution in [0.4, 0.5) is 0 Å². The van der Waals surface area contributed by atoms with E-state index in [2.05, 4.69) is 12.2 Å². The number of hydrogen-bond donors (Lipinski definition) is 2. The van der Waals surface area contributed by atoms with E-state index in [-0.39, 0.29) is 10.9 Å². The monoisotopic (exact) mass is 232 g/mol. The normalized spacial score (nSPS) is 12.1. The third-order valence-electron chi connectivity index (χ3n) is 1.93. The van der Waals surface area contributed by atoms with Crippen molar-refractivity contribution in [3.63, 3.8) is 0 Å². The van der Waals surface area contributed by atoms with Crippen LogP contribution in [0.1, 0.15) is 26.7 Å². The zero-order valence-corrected chi connectivity index (χ0v) is 10.2. The maximum atomic E-state index is 11.4. The highest BCUT2D eigenvalue weighted by atomic mass is 32.1. The van der Waals surface area contributed by atoms with E-state index in [1.807, 2.05) is 0 Å². The van der Waals surface area contributed by atoms with E-state index in [1.165, 1.54) is 0 Å². The van der Waals surface area contributed by atoms with Crippen LogP contribution >= 0.6 is 12.2 Å². The first-order chi connectivity index (χ1) is 7.09. The Morgan fingerprint density at radius 2 is 2.20 bits per heavy atom. The molecular weight excluding hydrogens is 212 g/mol. The summed E-state index contributed by atoms with van der Waals surface area (Å²) in [5.74, 6) is -0.505. The number of nitrogens with one attached hydrogen (secondary N) is 1. The zero-order chi connectivity index (χ0) is 11.7. The van der Waals surface area contributed by atoms with Gasteiger partial charge in [-0.25, -0.2) is 0 Å². The van der Waals surface area contributed by atoms with Crippen LogP contribution in [0.15, 0.2) is 0 Å². The van der Waals surface area contributed by atoms with Gasteiger partial charge < -0.3 is 15.8 Å². The smallest absolute Gasteiger partial charge is 0.229 e. The zero-order valence-electron chi connectivity index (χ0n) is 9.41. The molecule has 5 heteroatoms. The van der Waals surface area contributed by atoms with Gasteiger partial charge in [-0.1, -0.05) is 19.1 Å². The maximum absolute atomic E-state index is 11.4. The Morgan fingerprint density at radius 3 is 2.73 bits per heavy atom. The van der Waals surface area contributed by atoms with Crippen LogP contribution in [0.3, 0.4) is 0 Å². The van der Waals surface area contributed by atoms with Crippen LogP contribution in [-0.2, 0) is 9.53 Å². The molecule has 1 unspecified atom stereocenters. The van der Waals surface area contributed by atoms with Gasteiger partial charge in [-0.2, -0.15) is 0 Å². The summed E-state index contributed by atoms with van der Waals surface area (Å²) in [5, 5.41) is 2.75. The number of thiocarbonyl (C=S) groups is 1. The summed E-state index contributed by atoms with van der Waals surface area (Å²) in [6.45, 7) is 5.82. The topological polar surface area (TPSA) is 64.3 Å². The Balaban J connectivity index is 3.43. The van der Waals surface area contributed by atoms with Gasteiger partial charge in [0.1, 0.15) is 0 Å². The summed E-state index contributed by atoms with van der Waals surface area (Å²) >= 11 is 4.72. The molecule has 0 bridgehead atoms. The van der Waals surface area contributed by atoms with Gasteiger partial charge in [0.05, 0.1) is 10.9 Å². The van der Waals surface area contributed by atoms with E-state index in [9.17, 15) is 4.79 Å². The van der Waals surface area contributed by atoms with Gasteiger partial charge in [-0.3, -0.25) is 4.79 Å². The van der Waals surface area contributed by atoms with Gasteiger partial charge in [0.25, 0.3) is 0 Å². The molecule has 0 spiro atoms. The molecule has 1 atom stereocenters. The molecule has 0 rings (SSSR count). The summed E-state index contributed by atoms with van der Waals surface area (Å²) in [6.07, 6.45) is 1.83. The van der Waals surface area contributed by atoms with Crippen molar-refractivity contribution in [2.24, 2.45) is 11.7 Å². The molecule has 15 heavy (non-hydrogen) atoms. The molecule has 0 aliphatic rings. The van der Waals surface area contributed by atoms with Crippen molar-refractivity contribution in [1.29, 1.82) is 0 Å². The lowest BCUT2D eigenvalue weighted by Gasteiger charge is -2.10. The Hall–Kier alpha value is -0.680. The number of carbonyl (C=O) groups excluding carboxylic acids is 1. The van der Waals surface area contributed by atoms with Crippen molar-refractivity contribution in [2.75, 3.05) is 19.8 Å². The predicted octanol–water partition coefficient (Wildman–Crippen LogP) is 0.842. The van der Waals surface area contributed by atoms with Crippen molar-refractivity contribution in [1.82, 2.24) is 5.32 Å². The van der Waals surface area contributed by atoms with Crippen LogP contribution in [-0.4, -0.2) is 30.7 Å². The summed E-state index contributed by atoms with van der Waals surface area (Å²) < 4.78 is 5.27. The van der Waals surface area contributed by atoms with E-state index < -0.39 is 5.92 Å². The number of ether oxygens (including phenoxy) is 1. The van der Waals surface area contributed by atoms with Crippen molar-refractivity contribution in [3.8, 4) is 0 Å². The Bertz CT molecular complexity index is 210. The summed E-state index contributed by atoms with van der Waals surface area (Å²) in [6, 6.07) is 0. The molecule has 0 saturated carbocycles. The number of carbonyl (C=O) groups is 1. The highest BCUT2D eigenvalue weighted by Crippen LogP contribution is 1.94. The Labute approximate surface area is 96.5 Å². The van der Waals surface area contributed by atoms with Crippen molar-refractivity contribution in [2.45, 2.75) is 26.7 Å². The minimum atomic E-state index is -0.392. The Kier molecular flexibility index (Phi) is 8.22. The summed E-state index contributed by atoms with van der Waals surface area (Å²) in [4.78, 5) is 11.6. The molecule has 0 aliphatic heterocycles. The SMILES string of the molecule is CCCOCCCNC(=O)C(C)C(N)=S. The van der Waals surface area contributed by atoms with Gasteiger partial charge >= 0.3 is 0 Å².